The van der Waals surface area contributed by atoms with Crippen LogP contribution in [0.1, 0.15) is 85.6 Å². The zero-order valence-corrected chi connectivity index (χ0v) is 30.6. The maximum absolute atomic E-state index is 12.4. The molecule has 0 bridgehead atoms. The fourth-order valence-electron chi connectivity index (χ4n) is 6.67. The van der Waals surface area contributed by atoms with Crippen LogP contribution in [-0.4, -0.2) is 100 Å². The third-order valence-electron chi connectivity index (χ3n) is 9.52. The number of nitrogens with one attached hydrogen (secondary N) is 2. The molecule has 282 valence electrons. The first kappa shape index (κ1) is 39.4. The highest BCUT2D eigenvalue weighted by atomic mass is 16.6. The molecule has 3 N–H and O–H groups in total. The van der Waals surface area contributed by atoms with Crippen molar-refractivity contribution in [3.63, 3.8) is 0 Å². The summed E-state index contributed by atoms with van der Waals surface area (Å²) in [7, 11) is 0. The predicted octanol–water partition coefficient (Wildman–Crippen LogP) is 4.10. The molecule has 1 aromatic carbocycles. The number of carbonyl (C=O) groups excluding carboxylic acids is 5. The number of likely N-dealkylation sites (tertiary alicyclic amines) is 2. The largest absolute Gasteiger partial charge is 0.480 e. The summed E-state index contributed by atoms with van der Waals surface area (Å²) in [5.74, 6) is -1.85. The molecule has 4 atom stereocenters. The van der Waals surface area contributed by atoms with Crippen LogP contribution in [0.5, 0.6) is 0 Å². The zero-order chi connectivity index (χ0) is 37.5. The molecule has 5 rings (SSSR count). The number of carboxylic acids is 1. The Hall–Kier alpha value is -4.36. The maximum Gasteiger partial charge on any atom is 0.410 e. The Balaban J connectivity index is 0.000000238. The van der Waals surface area contributed by atoms with E-state index in [1.807, 2.05) is 71.9 Å². The number of esters is 1. The second-order valence-corrected chi connectivity index (χ2v) is 15.9. The Labute approximate surface area is 299 Å². The zero-order valence-electron chi connectivity index (χ0n) is 30.6. The van der Waals surface area contributed by atoms with E-state index in [2.05, 4.69) is 10.6 Å². The second-order valence-electron chi connectivity index (χ2n) is 15.9. The van der Waals surface area contributed by atoms with Crippen LogP contribution >= 0.6 is 0 Å². The molecule has 0 radical (unpaired) electrons. The lowest BCUT2D eigenvalue weighted by Crippen LogP contribution is -2.62. The molecule has 0 aromatic heterocycles. The number of nitrogens with zero attached hydrogens (tertiary/aromatic N) is 2. The average molecular weight is 715 g/mol. The number of carbonyl (C=O) groups is 6. The summed E-state index contributed by atoms with van der Waals surface area (Å²) in [4.78, 5) is 74.4. The van der Waals surface area contributed by atoms with Gasteiger partial charge in [0, 0.05) is 26.2 Å². The van der Waals surface area contributed by atoms with Gasteiger partial charge in [0.15, 0.2) is 0 Å². The first-order valence-electron chi connectivity index (χ1n) is 17.9. The summed E-state index contributed by atoms with van der Waals surface area (Å²) in [6.45, 7) is 13.6. The monoisotopic (exact) mass is 714 g/mol. The fourth-order valence-corrected chi connectivity index (χ4v) is 6.67. The van der Waals surface area contributed by atoms with Gasteiger partial charge in [0.1, 0.15) is 29.9 Å². The molecule has 0 spiro atoms. The minimum atomic E-state index is -0.976. The summed E-state index contributed by atoms with van der Waals surface area (Å²) in [5, 5.41) is 14.1. The van der Waals surface area contributed by atoms with Gasteiger partial charge in [0.25, 0.3) is 0 Å². The van der Waals surface area contributed by atoms with Crippen LogP contribution in [0.4, 0.5) is 9.59 Å². The summed E-state index contributed by atoms with van der Waals surface area (Å²) in [6.07, 6.45) is 3.76. The van der Waals surface area contributed by atoms with Gasteiger partial charge in [0.05, 0.1) is 11.8 Å². The molecule has 14 nitrogen and oxygen atoms in total. The lowest BCUT2D eigenvalue weighted by molar-refractivity contribution is -0.159. The number of piperidine rings is 2. The minimum absolute atomic E-state index is 0.0961. The van der Waals surface area contributed by atoms with Crippen molar-refractivity contribution >= 4 is 35.9 Å². The molecule has 4 saturated heterocycles. The Morgan fingerprint density at radius 3 is 1.51 bits per heavy atom. The third kappa shape index (κ3) is 11.6. The van der Waals surface area contributed by atoms with Gasteiger partial charge in [-0.2, -0.15) is 0 Å². The van der Waals surface area contributed by atoms with Crippen molar-refractivity contribution in [1.82, 2.24) is 20.4 Å². The summed E-state index contributed by atoms with van der Waals surface area (Å²) in [5.41, 5.74) is -0.102. The van der Waals surface area contributed by atoms with E-state index in [-0.39, 0.29) is 48.4 Å². The number of amides is 4. The summed E-state index contributed by atoms with van der Waals surface area (Å²) in [6, 6.07) is 8.14. The summed E-state index contributed by atoms with van der Waals surface area (Å²) < 4.78 is 16.1. The third-order valence-corrected chi connectivity index (χ3v) is 9.52. The number of hydrogen-bond acceptors (Lipinski definition) is 9. The smallest absolute Gasteiger partial charge is 0.410 e. The second kappa shape index (κ2) is 16.8. The number of rotatable bonds is 8. The van der Waals surface area contributed by atoms with Gasteiger partial charge < -0.3 is 39.8 Å². The number of ether oxygens (including phenoxy) is 3. The van der Waals surface area contributed by atoms with Crippen molar-refractivity contribution in [2.45, 2.75) is 110 Å². The van der Waals surface area contributed by atoms with Crippen LogP contribution in [0.2, 0.25) is 0 Å². The van der Waals surface area contributed by atoms with E-state index in [0.29, 0.717) is 44.9 Å². The van der Waals surface area contributed by atoms with E-state index in [0.717, 1.165) is 31.2 Å². The van der Waals surface area contributed by atoms with Crippen LogP contribution in [0.3, 0.4) is 0 Å². The molecule has 4 heterocycles. The van der Waals surface area contributed by atoms with Crippen molar-refractivity contribution < 1.29 is 48.1 Å². The molecule has 14 heteroatoms. The highest BCUT2D eigenvalue weighted by Gasteiger charge is 2.47. The normalized spacial score (nSPS) is 24.0. The Bertz CT molecular complexity index is 1410. The number of hydrogen-bond donors (Lipinski definition) is 3. The minimum Gasteiger partial charge on any atom is -0.480 e. The van der Waals surface area contributed by atoms with Crippen molar-refractivity contribution in [2.75, 3.05) is 26.2 Å². The maximum atomic E-state index is 12.4. The van der Waals surface area contributed by atoms with Crippen molar-refractivity contribution in [3.05, 3.63) is 35.9 Å². The molecular weight excluding hydrogens is 660 g/mol. The molecule has 4 amide bonds. The highest BCUT2D eigenvalue weighted by Crippen LogP contribution is 2.32. The van der Waals surface area contributed by atoms with Crippen molar-refractivity contribution in [1.29, 1.82) is 0 Å². The molecule has 1 aromatic rings. The van der Waals surface area contributed by atoms with Crippen LogP contribution < -0.4 is 10.6 Å². The molecule has 0 unspecified atom stereocenters. The fraction of sp³-hybridized carbons (Fsp3) is 0.676. The quantitative estimate of drug-likeness (QED) is 0.202. The average Bonchev–Trinajstić information content (AvgIpc) is 3.06. The van der Waals surface area contributed by atoms with Gasteiger partial charge in [-0.05, 0) is 97.5 Å². The van der Waals surface area contributed by atoms with Crippen LogP contribution in [0.15, 0.2) is 30.3 Å². The van der Waals surface area contributed by atoms with Gasteiger partial charge in [-0.3, -0.25) is 9.59 Å². The molecule has 0 aliphatic carbocycles. The van der Waals surface area contributed by atoms with Crippen LogP contribution in [-0.2, 0) is 40.0 Å². The van der Waals surface area contributed by atoms with Crippen LogP contribution in [0, 0.1) is 23.7 Å². The lowest BCUT2D eigenvalue weighted by atomic mass is 9.79. The summed E-state index contributed by atoms with van der Waals surface area (Å²) >= 11 is 0. The lowest BCUT2D eigenvalue weighted by Gasteiger charge is -2.39. The van der Waals surface area contributed by atoms with E-state index in [1.165, 1.54) is 0 Å². The Morgan fingerprint density at radius 1 is 0.706 bits per heavy atom. The SMILES string of the molecule is CC(C)(C)OC(=O)N1CCC(C[C@H]2C(=O)N[C@@H]2C(=O)O)CC1.CC(C)(C)OC(=O)N1CCC(C[C@H]2C(=O)N[C@@H]2C(=O)OCc2ccccc2)CC1. The van der Waals surface area contributed by atoms with E-state index in [9.17, 15) is 28.8 Å². The highest BCUT2D eigenvalue weighted by molar-refractivity contribution is 5.97. The standard InChI is InChI=1S/C22H30N2O5.C15H24N2O5/c1-22(2,3)29-21(27)24-11-9-15(10-12-24)13-17-18(23-19(17)25)20(26)28-14-16-7-5-4-6-8-16;1-15(2,3)22-14(21)17-6-4-9(5-7-17)8-10-11(13(19)20)16-12(10)18/h4-8,15,17-18H,9-14H2,1-3H3,(H,23,25);9-11H,4-8H2,1-3H3,(H,16,18)(H,19,20)/t17-,18+;10-,11+/m11/s1. The van der Waals surface area contributed by atoms with Crippen molar-refractivity contribution in [2.24, 2.45) is 23.7 Å². The van der Waals surface area contributed by atoms with E-state index in [1.54, 1.807) is 9.80 Å². The van der Waals surface area contributed by atoms with E-state index in [4.69, 9.17) is 19.3 Å². The van der Waals surface area contributed by atoms with Crippen LogP contribution in [0.25, 0.3) is 0 Å². The number of β-lactam (4-membered cyclic amide) rings is 2. The molecule has 4 aliphatic rings. The van der Waals surface area contributed by atoms with Gasteiger partial charge in [0.2, 0.25) is 11.8 Å². The van der Waals surface area contributed by atoms with Gasteiger partial charge in [-0.25, -0.2) is 19.2 Å². The topological polar surface area (TPSA) is 181 Å². The van der Waals surface area contributed by atoms with Gasteiger partial charge in [-0.1, -0.05) is 30.3 Å². The van der Waals surface area contributed by atoms with Gasteiger partial charge >= 0.3 is 24.1 Å². The molecular formula is C37H54N4O10. The van der Waals surface area contributed by atoms with Gasteiger partial charge in [-0.15, -0.1) is 0 Å². The predicted molar refractivity (Wildman–Crippen MR) is 185 cm³/mol. The van der Waals surface area contributed by atoms with Crippen molar-refractivity contribution in [3.8, 4) is 0 Å². The Morgan fingerprint density at radius 2 is 1.12 bits per heavy atom. The first-order chi connectivity index (χ1) is 23.9. The number of aliphatic carboxylic acids is 1. The molecule has 4 fully saturated rings. The molecule has 0 saturated carbocycles. The number of benzene rings is 1. The Kier molecular flexibility index (Phi) is 13.0. The van der Waals surface area contributed by atoms with E-state index < -0.39 is 35.2 Å². The first-order valence-corrected chi connectivity index (χ1v) is 17.9. The number of carboxylic acid groups (broad SMARTS) is 1. The molecule has 4 aliphatic heterocycles. The molecule has 51 heavy (non-hydrogen) atoms. The van der Waals surface area contributed by atoms with E-state index >= 15 is 0 Å².